The van der Waals surface area contributed by atoms with Crippen LogP contribution in [0.5, 0.6) is 0 Å². The lowest BCUT2D eigenvalue weighted by atomic mass is 10.0. The Labute approximate surface area is 163 Å². The van der Waals surface area contributed by atoms with Gasteiger partial charge in [0.05, 0.1) is 0 Å². The fraction of sp³-hybridized carbons (Fsp3) is 0.333. The summed E-state index contributed by atoms with van der Waals surface area (Å²) >= 11 is 0. The lowest BCUT2D eigenvalue weighted by Crippen LogP contribution is -2.52. The van der Waals surface area contributed by atoms with Gasteiger partial charge in [0.2, 0.25) is 5.91 Å². The van der Waals surface area contributed by atoms with E-state index in [1.54, 1.807) is 6.07 Å². The zero-order valence-corrected chi connectivity index (χ0v) is 15.8. The van der Waals surface area contributed by atoms with Gasteiger partial charge in [-0.1, -0.05) is 25.6 Å². The number of aryl methyl sites for hydroxylation is 1. The van der Waals surface area contributed by atoms with Crippen molar-refractivity contribution in [2.24, 2.45) is 0 Å². The molecule has 1 aromatic carbocycles. The topological polar surface area (TPSA) is 95.6 Å². The summed E-state index contributed by atoms with van der Waals surface area (Å²) in [5, 5.41) is 5.57. The number of rotatable bonds is 7. The number of amides is 3. The molecule has 2 N–H and O–H groups in total. The molecule has 28 heavy (non-hydrogen) atoms. The van der Waals surface area contributed by atoms with Gasteiger partial charge in [-0.25, -0.2) is 0 Å². The maximum atomic E-state index is 12.7. The summed E-state index contributed by atoms with van der Waals surface area (Å²) in [6.45, 7) is 5.54. The Morgan fingerprint density at radius 3 is 2.82 bits per heavy atom. The van der Waals surface area contributed by atoms with Crippen molar-refractivity contribution in [2.45, 2.75) is 45.1 Å². The smallest absolute Gasteiger partial charge is 0.278 e. The van der Waals surface area contributed by atoms with Crippen LogP contribution < -0.4 is 10.6 Å². The summed E-state index contributed by atoms with van der Waals surface area (Å²) in [6, 6.07) is 6.54. The van der Waals surface area contributed by atoms with Crippen LogP contribution in [0.1, 0.15) is 38.2 Å². The molecule has 2 aliphatic rings. The number of carbonyl (C=O) groups excluding carboxylic acids is 4. The summed E-state index contributed by atoms with van der Waals surface area (Å²) in [6.07, 6.45) is 3.70. The van der Waals surface area contributed by atoms with Crippen LogP contribution in [0.2, 0.25) is 0 Å². The van der Waals surface area contributed by atoms with Crippen molar-refractivity contribution >= 4 is 29.2 Å². The van der Waals surface area contributed by atoms with Gasteiger partial charge in [0.25, 0.3) is 11.8 Å². The summed E-state index contributed by atoms with van der Waals surface area (Å²) in [5.41, 5.74) is 2.33. The van der Waals surface area contributed by atoms with Gasteiger partial charge in [-0.05, 0) is 37.0 Å². The number of hydrogen-bond donors (Lipinski definition) is 2. The van der Waals surface area contributed by atoms with Crippen molar-refractivity contribution in [3.8, 4) is 0 Å². The number of carbonyl (C=O) groups is 4. The highest BCUT2D eigenvalue weighted by atomic mass is 16.2. The molecule has 1 atom stereocenters. The largest absolute Gasteiger partial charge is 0.351 e. The fourth-order valence-electron chi connectivity index (χ4n) is 3.30. The van der Waals surface area contributed by atoms with Crippen molar-refractivity contribution in [2.75, 3.05) is 5.32 Å². The van der Waals surface area contributed by atoms with Gasteiger partial charge in [-0.3, -0.25) is 24.1 Å². The number of allylic oxidation sites excluding steroid dienone is 1. The third-order valence-corrected chi connectivity index (χ3v) is 4.88. The molecule has 2 aliphatic heterocycles. The average Bonchev–Trinajstić information content (AvgIpc) is 2.94. The van der Waals surface area contributed by atoms with Gasteiger partial charge in [-0.2, -0.15) is 0 Å². The molecule has 146 valence electrons. The molecular formula is C21H23N3O4. The average molecular weight is 381 g/mol. The van der Waals surface area contributed by atoms with Crippen LogP contribution in [0.4, 0.5) is 5.69 Å². The summed E-state index contributed by atoms with van der Waals surface area (Å²) in [5.74, 6) is -1.23. The van der Waals surface area contributed by atoms with Crippen molar-refractivity contribution in [3.05, 3.63) is 53.9 Å². The minimum Gasteiger partial charge on any atom is -0.351 e. The number of imide groups is 1. The third-order valence-electron chi connectivity index (χ3n) is 4.88. The van der Waals surface area contributed by atoms with Crippen LogP contribution >= 0.6 is 0 Å². The maximum absolute atomic E-state index is 12.7. The lowest BCUT2D eigenvalue weighted by Gasteiger charge is -2.29. The Balaban J connectivity index is 1.68. The zero-order chi connectivity index (χ0) is 20.3. The van der Waals surface area contributed by atoms with E-state index >= 15 is 0 Å². The van der Waals surface area contributed by atoms with Crippen molar-refractivity contribution in [1.82, 2.24) is 10.2 Å². The Bertz CT molecular complexity index is 887. The van der Waals surface area contributed by atoms with E-state index in [-0.39, 0.29) is 11.5 Å². The molecule has 1 fully saturated rings. The number of nitrogens with zero attached hydrogens (tertiary/aromatic N) is 1. The Hall–Kier alpha value is -3.22. The van der Waals surface area contributed by atoms with Crippen molar-refractivity contribution < 1.29 is 19.2 Å². The Morgan fingerprint density at radius 2 is 2.11 bits per heavy atom. The number of benzene rings is 1. The number of anilines is 1. The van der Waals surface area contributed by atoms with E-state index < -0.39 is 23.8 Å². The quantitative estimate of drug-likeness (QED) is 0.705. The summed E-state index contributed by atoms with van der Waals surface area (Å²) in [4.78, 5) is 49.7. The van der Waals surface area contributed by atoms with Gasteiger partial charge in [0, 0.05) is 30.3 Å². The van der Waals surface area contributed by atoms with E-state index in [2.05, 4.69) is 17.2 Å². The van der Waals surface area contributed by atoms with E-state index in [1.807, 2.05) is 25.1 Å². The molecular weight excluding hydrogens is 358 g/mol. The molecule has 7 nitrogen and oxygen atoms in total. The van der Waals surface area contributed by atoms with Gasteiger partial charge < -0.3 is 10.6 Å². The van der Waals surface area contributed by atoms with E-state index in [0.717, 1.165) is 10.5 Å². The molecule has 0 bridgehead atoms. The highest BCUT2D eigenvalue weighted by Gasteiger charge is 2.41. The van der Waals surface area contributed by atoms with E-state index in [0.29, 0.717) is 43.5 Å². The molecule has 1 saturated heterocycles. The minimum atomic E-state index is -0.826. The molecule has 0 saturated carbocycles. The van der Waals surface area contributed by atoms with Crippen LogP contribution in [0.25, 0.3) is 0 Å². The number of piperidine rings is 1. The van der Waals surface area contributed by atoms with Gasteiger partial charge in [0.1, 0.15) is 17.5 Å². The highest BCUT2D eigenvalue weighted by Crippen LogP contribution is 2.24. The lowest BCUT2D eigenvalue weighted by molar-refractivity contribution is -0.146. The van der Waals surface area contributed by atoms with Crippen LogP contribution in [-0.4, -0.2) is 34.4 Å². The maximum Gasteiger partial charge on any atom is 0.278 e. The predicted octanol–water partition coefficient (Wildman–Crippen LogP) is 2.06. The van der Waals surface area contributed by atoms with Gasteiger partial charge >= 0.3 is 0 Å². The SMILES string of the molecule is C=C1CCC(N2C(=O)C=C(Nc3cccc(CCC(=O)CC)c3)C2=O)C(=O)N1. The van der Waals surface area contributed by atoms with Crippen molar-refractivity contribution in [3.63, 3.8) is 0 Å². The second kappa shape index (κ2) is 8.21. The monoisotopic (exact) mass is 381 g/mol. The number of ketones is 1. The number of hydrogen-bond acceptors (Lipinski definition) is 5. The highest BCUT2D eigenvalue weighted by molar-refractivity contribution is 6.19. The number of nitrogens with one attached hydrogen (secondary N) is 2. The third kappa shape index (κ3) is 4.19. The van der Waals surface area contributed by atoms with Gasteiger partial charge in [-0.15, -0.1) is 0 Å². The normalized spacial score (nSPS) is 19.5. The zero-order valence-electron chi connectivity index (χ0n) is 15.8. The molecule has 0 radical (unpaired) electrons. The molecule has 0 aromatic heterocycles. The first-order chi connectivity index (χ1) is 13.4. The van der Waals surface area contributed by atoms with Crippen LogP contribution in [-0.2, 0) is 25.6 Å². The molecule has 0 aliphatic carbocycles. The van der Waals surface area contributed by atoms with Crippen LogP contribution in [0.15, 0.2) is 48.3 Å². The summed E-state index contributed by atoms with van der Waals surface area (Å²) < 4.78 is 0. The molecule has 1 aromatic rings. The fourth-order valence-corrected chi connectivity index (χ4v) is 3.30. The number of Topliss-reactive ketones (excluding diaryl/α,β-unsaturated/α-hetero) is 1. The molecule has 3 amide bonds. The van der Waals surface area contributed by atoms with E-state index in [4.69, 9.17) is 0 Å². The van der Waals surface area contributed by atoms with Crippen LogP contribution in [0.3, 0.4) is 0 Å². The van der Waals surface area contributed by atoms with Crippen molar-refractivity contribution in [1.29, 1.82) is 0 Å². The molecule has 3 rings (SSSR count). The second-order valence-corrected chi connectivity index (χ2v) is 6.94. The standard InChI is InChI=1S/C21H23N3O4/c1-3-16(25)9-8-14-5-4-6-15(11-14)23-17-12-19(26)24(21(17)28)18-10-7-13(2)22-20(18)27/h4-6,11-12,18,23H,2-3,7-10H2,1H3,(H,22,27). The van der Waals surface area contributed by atoms with E-state index in [1.165, 1.54) is 6.08 Å². The van der Waals surface area contributed by atoms with Gasteiger partial charge in [0.15, 0.2) is 0 Å². The predicted molar refractivity (Wildman–Crippen MR) is 104 cm³/mol. The molecule has 0 spiro atoms. The first-order valence-corrected chi connectivity index (χ1v) is 9.34. The first-order valence-electron chi connectivity index (χ1n) is 9.34. The van der Waals surface area contributed by atoms with E-state index in [9.17, 15) is 19.2 Å². The first kappa shape index (κ1) is 19.5. The second-order valence-electron chi connectivity index (χ2n) is 6.94. The minimum absolute atomic E-state index is 0.129. The molecule has 2 heterocycles. The molecule has 7 heteroatoms. The van der Waals surface area contributed by atoms with Crippen LogP contribution in [0, 0.1) is 0 Å². The Morgan fingerprint density at radius 1 is 1.32 bits per heavy atom. The molecule has 1 unspecified atom stereocenters. The summed E-state index contributed by atoms with van der Waals surface area (Å²) in [7, 11) is 0. The Kier molecular flexibility index (Phi) is 5.73.